The summed E-state index contributed by atoms with van der Waals surface area (Å²) in [4.78, 5) is -2.20. The third kappa shape index (κ3) is 3.01. The Morgan fingerprint density at radius 2 is 1.80 bits per heavy atom. The summed E-state index contributed by atoms with van der Waals surface area (Å²) in [7, 11) is -2.68. The van der Waals surface area contributed by atoms with Gasteiger partial charge in [-0.1, -0.05) is 17.7 Å². The van der Waals surface area contributed by atoms with E-state index in [0.717, 1.165) is 5.56 Å². The van der Waals surface area contributed by atoms with Gasteiger partial charge >= 0.3 is 0 Å². The van der Waals surface area contributed by atoms with Gasteiger partial charge in [-0.2, -0.15) is 0 Å². The molecule has 0 spiro atoms. The minimum Gasteiger partial charge on any atom is -0.376 e. The van der Waals surface area contributed by atoms with Crippen LogP contribution in [0.3, 0.4) is 0 Å². The van der Waals surface area contributed by atoms with Crippen LogP contribution < -0.4 is 0 Å². The van der Waals surface area contributed by atoms with Crippen LogP contribution in [0.15, 0.2) is 29.2 Å². The van der Waals surface area contributed by atoms with Gasteiger partial charge in [0.1, 0.15) is 18.3 Å². The molecule has 5 atom stereocenters. The summed E-state index contributed by atoms with van der Waals surface area (Å²) in [6, 6.07) is 6.28. The second-order valence-corrected chi connectivity index (χ2v) is 9.40. The number of benzene rings is 1. The van der Waals surface area contributed by atoms with Crippen molar-refractivity contribution in [1.82, 2.24) is 0 Å². The number of aryl methyl sites for hydroxylation is 1. The first-order valence-electron chi connectivity index (χ1n) is 8.07. The third-order valence-corrected chi connectivity index (χ3v) is 6.88. The molecule has 3 rings (SSSR count). The van der Waals surface area contributed by atoms with Crippen LogP contribution in [-0.2, 0) is 28.8 Å². The van der Waals surface area contributed by atoms with Gasteiger partial charge in [-0.25, -0.2) is 8.42 Å². The molecular weight excluding hydrogens is 348 g/mol. The zero-order chi connectivity index (χ0) is 18.6. The van der Waals surface area contributed by atoms with Crippen molar-refractivity contribution in [2.75, 3.05) is 7.11 Å². The number of hydrogen-bond donors (Lipinski definition) is 1. The average Bonchev–Trinajstić information content (AvgIpc) is 2.99. The highest BCUT2D eigenvalue weighted by Gasteiger charge is 2.62. The molecule has 0 saturated carbocycles. The molecule has 0 radical (unpaired) electrons. The van der Waals surface area contributed by atoms with Crippen molar-refractivity contribution in [1.29, 1.82) is 0 Å². The van der Waals surface area contributed by atoms with E-state index in [4.69, 9.17) is 18.9 Å². The molecule has 0 aliphatic carbocycles. The van der Waals surface area contributed by atoms with Crippen LogP contribution in [0.4, 0.5) is 0 Å². The lowest BCUT2D eigenvalue weighted by molar-refractivity contribution is -0.230. The van der Waals surface area contributed by atoms with Crippen molar-refractivity contribution in [3.05, 3.63) is 29.8 Å². The number of rotatable bonds is 4. The summed E-state index contributed by atoms with van der Waals surface area (Å²) >= 11 is 0. The van der Waals surface area contributed by atoms with E-state index < -0.39 is 45.2 Å². The number of fused-ring (bicyclic) bond motifs is 1. The van der Waals surface area contributed by atoms with E-state index >= 15 is 0 Å². The minimum absolute atomic E-state index is 0.0146. The van der Waals surface area contributed by atoms with E-state index in [1.165, 1.54) is 26.2 Å². The molecule has 0 unspecified atom stereocenters. The number of ether oxygens (including phenoxy) is 4. The van der Waals surface area contributed by atoms with Gasteiger partial charge in [-0.15, -0.1) is 0 Å². The van der Waals surface area contributed by atoms with Crippen LogP contribution in [-0.4, -0.2) is 56.0 Å². The van der Waals surface area contributed by atoms with Crippen LogP contribution in [0, 0.1) is 6.92 Å². The molecule has 0 bridgehead atoms. The summed E-state index contributed by atoms with van der Waals surface area (Å²) in [6.07, 6.45) is -3.37. The maximum atomic E-state index is 13.0. The molecule has 2 fully saturated rings. The van der Waals surface area contributed by atoms with Gasteiger partial charge in [0.15, 0.2) is 17.0 Å². The van der Waals surface area contributed by atoms with E-state index in [9.17, 15) is 13.5 Å². The number of sulfone groups is 1. The van der Waals surface area contributed by atoms with Crippen LogP contribution in [0.25, 0.3) is 0 Å². The molecule has 1 aromatic rings. The predicted molar refractivity (Wildman–Crippen MR) is 88.5 cm³/mol. The molecule has 0 aromatic heterocycles. The SMILES string of the molecule is CO[C@@H]1[C@H]2OC(C)(C)O[C@H]2O[C@@H]1[C@@](C)(O)S(=O)(=O)c1ccc(C)cc1. The van der Waals surface area contributed by atoms with E-state index in [0.29, 0.717) is 0 Å². The molecule has 2 heterocycles. The minimum atomic E-state index is -4.10. The summed E-state index contributed by atoms with van der Waals surface area (Å²) in [6.45, 7) is 6.54. The average molecular weight is 372 g/mol. The second kappa shape index (κ2) is 6.00. The summed E-state index contributed by atoms with van der Waals surface area (Å²) < 4.78 is 48.5. The monoisotopic (exact) mass is 372 g/mol. The molecule has 7 nitrogen and oxygen atoms in total. The molecule has 2 saturated heterocycles. The van der Waals surface area contributed by atoms with Crippen molar-refractivity contribution >= 4 is 9.84 Å². The largest absolute Gasteiger partial charge is 0.376 e. The fraction of sp³-hybridized carbons (Fsp3) is 0.647. The van der Waals surface area contributed by atoms with E-state index in [1.54, 1.807) is 26.0 Å². The number of methoxy groups -OCH3 is 1. The highest BCUT2D eigenvalue weighted by Crippen LogP contribution is 2.43. The quantitative estimate of drug-likeness (QED) is 0.853. The van der Waals surface area contributed by atoms with Crippen LogP contribution in [0.5, 0.6) is 0 Å². The van der Waals surface area contributed by atoms with Crippen molar-refractivity contribution in [2.45, 2.75) is 67.9 Å². The Labute approximate surface area is 147 Å². The molecule has 0 amide bonds. The first kappa shape index (κ1) is 18.8. The zero-order valence-corrected chi connectivity index (χ0v) is 15.7. The molecular formula is C17H24O7S. The standard InChI is InChI=1S/C17H24O7S/c1-10-6-8-11(9-7-10)25(19,20)17(4,18)14-12(21-5)13-15(22-14)24-16(2,3)23-13/h6-9,12-15,18H,1-5H3/t12-,13-,14+,15-,17+/m1/s1. The lowest BCUT2D eigenvalue weighted by Crippen LogP contribution is -2.53. The maximum Gasteiger partial charge on any atom is 0.210 e. The smallest absolute Gasteiger partial charge is 0.210 e. The Balaban J connectivity index is 1.93. The fourth-order valence-corrected chi connectivity index (χ4v) is 4.74. The van der Waals surface area contributed by atoms with Crippen LogP contribution >= 0.6 is 0 Å². The van der Waals surface area contributed by atoms with Gasteiger partial charge < -0.3 is 24.1 Å². The van der Waals surface area contributed by atoms with Gasteiger partial charge in [0.25, 0.3) is 0 Å². The molecule has 8 heteroatoms. The lowest BCUT2D eigenvalue weighted by atomic mass is 10.1. The van der Waals surface area contributed by atoms with Crippen molar-refractivity contribution in [2.24, 2.45) is 0 Å². The Morgan fingerprint density at radius 1 is 1.20 bits per heavy atom. The van der Waals surface area contributed by atoms with Gasteiger partial charge in [-0.3, -0.25) is 0 Å². The van der Waals surface area contributed by atoms with Crippen molar-refractivity contribution < 1.29 is 32.5 Å². The highest BCUT2D eigenvalue weighted by atomic mass is 32.2. The normalized spacial score (nSPS) is 33.8. The van der Waals surface area contributed by atoms with Gasteiger partial charge in [0.05, 0.1) is 4.90 Å². The van der Waals surface area contributed by atoms with E-state index in [1.807, 2.05) is 6.92 Å². The van der Waals surface area contributed by atoms with Crippen molar-refractivity contribution in [3.63, 3.8) is 0 Å². The van der Waals surface area contributed by atoms with Crippen LogP contribution in [0.1, 0.15) is 26.3 Å². The molecule has 2 aliphatic rings. The topological polar surface area (TPSA) is 91.3 Å². The van der Waals surface area contributed by atoms with Crippen LogP contribution in [0.2, 0.25) is 0 Å². The van der Waals surface area contributed by atoms with Crippen molar-refractivity contribution in [3.8, 4) is 0 Å². The Bertz CT molecular complexity index is 739. The molecule has 25 heavy (non-hydrogen) atoms. The zero-order valence-electron chi connectivity index (χ0n) is 14.9. The maximum absolute atomic E-state index is 13.0. The summed E-state index contributed by atoms with van der Waals surface area (Å²) in [5, 5.41) is 10.9. The Hall–Kier alpha value is -1.03. The first-order chi connectivity index (χ1) is 11.5. The highest BCUT2D eigenvalue weighted by molar-refractivity contribution is 7.92. The lowest BCUT2D eigenvalue weighted by Gasteiger charge is -2.34. The van der Waals surface area contributed by atoms with Gasteiger partial charge in [-0.05, 0) is 39.8 Å². The van der Waals surface area contributed by atoms with Gasteiger partial charge in [0, 0.05) is 7.11 Å². The number of aliphatic hydroxyl groups is 1. The number of hydrogen-bond acceptors (Lipinski definition) is 7. The second-order valence-electron chi connectivity index (χ2n) is 7.10. The summed E-state index contributed by atoms with van der Waals surface area (Å²) in [5.41, 5.74) is 0.920. The Kier molecular flexibility index (Phi) is 4.50. The summed E-state index contributed by atoms with van der Waals surface area (Å²) in [5.74, 6) is -0.862. The fourth-order valence-electron chi connectivity index (χ4n) is 3.28. The van der Waals surface area contributed by atoms with E-state index in [-0.39, 0.29) is 4.90 Å². The molecule has 140 valence electrons. The predicted octanol–water partition coefficient (Wildman–Crippen LogP) is 1.37. The molecule has 1 aromatic carbocycles. The molecule has 2 aliphatic heterocycles. The molecule has 1 N–H and O–H groups in total. The van der Waals surface area contributed by atoms with E-state index in [2.05, 4.69) is 0 Å². The Morgan fingerprint density at radius 3 is 2.36 bits per heavy atom. The third-order valence-electron chi connectivity index (χ3n) is 4.67. The van der Waals surface area contributed by atoms with Gasteiger partial charge in [0.2, 0.25) is 9.84 Å². The first-order valence-corrected chi connectivity index (χ1v) is 9.55.